The minimum absolute atomic E-state index is 0.0199. The zero-order chi connectivity index (χ0) is 14.8. The van der Waals surface area contributed by atoms with Crippen molar-refractivity contribution in [1.29, 1.82) is 0 Å². The molecule has 0 bridgehead atoms. The molecule has 3 rings (SSSR count). The molecule has 110 valence electrons. The number of benzene rings is 1. The summed E-state index contributed by atoms with van der Waals surface area (Å²) in [5, 5.41) is 1.66. The van der Waals surface area contributed by atoms with Gasteiger partial charge in [0.15, 0.2) is 0 Å². The fourth-order valence-corrected chi connectivity index (χ4v) is 3.07. The van der Waals surface area contributed by atoms with Crippen LogP contribution in [0.2, 0.25) is 5.15 Å². The van der Waals surface area contributed by atoms with Crippen LogP contribution in [0.4, 0.5) is 0 Å². The van der Waals surface area contributed by atoms with Crippen LogP contribution in [0, 0.1) is 5.92 Å². The monoisotopic (exact) mass is 303 g/mol. The molecule has 1 aliphatic rings. The number of rotatable bonds is 3. The predicted molar refractivity (Wildman–Crippen MR) is 83.9 cm³/mol. The van der Waals surface area contributed by atoms with Crippen molar-refractivity contribution >= 4 is 28.4 Å². The molecule has 5 heteroatoms. The summed E-state index contributed by atoms with van der Waals surface area (Å²) in [6, 6.07) is 10.1. The molecule has 1 aromatic carbocycles. The van der Waals surface area contributed by atoms with Crippen LogP contribution in [-0.4, -0.2) is 28.9 Å². The largest absolute Gasteiger partial charge is 0.369 e. The van der Waals surface area contributed by atoms with Gasteiger partial charge in [-0.2, -0.15) is 0 Å². The van der Waals surface area contributed by atoms with Crippen LogP contribution >= 0.6 is 11.6 Å². The van der Waals surface area contributed by atoms with E-state index in [1.165, 1.54) is 0 Å². The van der Waals surface area contributed by atoms with E-state index in [4.69, 9.17) is 17.3 Å². The average Bonchev–Trinajstić information content (AvgIpc) is 2.48. The average molecular weight is 304 g/mol. The van der Waals surface area contributed by atoms with Crippen LogP contribution < -0.4 is 5.73 Å². The molecule has 1 aliphatic heterocycles. The van der Waals surface area contributed by atoms with E-state index in [1.807, 2.05) is 24.3 Å². The summed E-state index contributed by atoms with van der Waals surface area (Å²) in [6.07, 6.45) is 1.65. The standard InChI is InChI=1S/C16H18ClN3O/c17-15-13(9-12-3-1-2-4-14(12)19-15)10-20-7-5-11(6-8-20)16(18)21/h1-4,9,11H,5-8,10H2,(H2,18,21). The van der Waals surface area contributed by atoms with Crippen LogP contribution in [0.15, 0.2) is 30.3 Å². The van der Waals surface area contributed by atoms with Gasteiger partial charge in [0.25, 0.3) is 0 Å². The molecule has 2 heterocycles. The number of pyridine rings is 1. The number of primary amides is 1. The normalized spacial score (nSPS) is 17.2. The number of aromatic nitrogens is 1. The van der Waals surface area contributed by atoms with Crippen molar-refractivity contribution in [3.05, 3.63) is 41.0 Å². The maximum atomic E-state index is 11.2. The lowest BCUT2D eigenvalue weighted by Crippen LogP contribution is -2.38. The van der Waals surface area contributed by atoms with Crippen molar-refractivity contribution < 1.29 is 4.79 Å². The van der Waals surface area contributed by atoms with Gasteiger partial charge in [-0.3, -0.25) is 9.69 Å². The zero-order valence-electron chi connectivity index (χ0n) is 11.8. The van der Waals surface area contributed by atoms with Gasteiger partial charge in [-0.05, 0) is 38.1 Å². The third-order valence-electron chi connectivity index (χ3n) is 4.13. The van der Waals surface area contributed by atoms with Crippen molar-refractivity contribution in [3.63, 3.8) is 0 Å². The molecule has 1 amide bonds. The van der Waals surface area contributed by atoms with Crippen molar-refractivity contribution in [2.24, 2.45) is 11.7 Å². The van der Waals surface area contributed by atoms with Gasteiger partial charge in [0, 0.05) is 23.4 Å². The molecular formula is C16H18ClN3O. The number of hydrogen-bond acceptors (Lipinski definition) is 3. The van der Waals surface area contributed by atoms with E-state index in [0.717, 1.165) is 48.9 Å². The molecule has 0 saturated carbocycles. The van der Waals surface area contributed by atoms with Gasteiger partial charge in [-0.15, -0.1) is 0 Å². The molecular weight excluding hydrogens is 286 g/mol. The lowest BCUT2D eigenvalue weighted by atomic mass is 9.96. The first kappa shape index (κ1) is 14.3. The maximum Gasteiger partial charge on any atom is 0.220 e. The van der Waals surface area contributed by atoms with E-state index in [1.54, 1.807) is 0 Å². The molecule has 0 atom stereocenters. The summed E-state index contributed by atoms with van der Waals surface area (Å²) in [4.78, 5) is 17.9. The molecule has 1 saturated heterocycles. The minimum atomic E-state index is -0.181. The van der Waals surface area contributed by atoms with E-state index in [9.17, 15) is 4.79 Å². The first-order valence-corrected chi connectivity index (χ1v) is 7.57. The Kier molecular flexibility index (Phi) is 4.08. The van der Waals surface area contributed by atoms with Crippen LogP contribution in [0.3, 0.4) is 0 Å². The number of halogens is 1. The van der Waals surface area contributed by atoms with Gasteiger partial charge in [0.05, 0.1) is 5.52 Å². The van der Waals surface area contributed by atoms with Crippen molar-refractivity contribution in [2.45, 2.75) is 19.4 Å². The highest BCUT2D eigenvalue weighted by Crippen LogP contribution is 2.24. The fourth-order valence-electron chi connectivity index (χ4n) is 2.86. The number of para-hydroxylation sites is 1. The maximum absolute atomic E-state index is 11.2. The second-order valence-corrected chi connectivity index (χ2v) is 5.94. The summed E-state index contributed by atoms with van der Waals surface area (Å²) in [5.74, 6) is -0.161. The third-order valence-corrected chi connectivity index (χ3v) is 4.46. The van der Waals surface area contributed by atoms with E-state index in [2.05, 4.69) is 16.0 Å². The van der Waals surface area contributed by atoms with E-state index in [-0.39, 0.29) is 11.8 Å². The Morgan fingerprint density at radius 2 is 2.05 bits per heavy atom. The molecule has 4 nitrogen and oxygen atoms in total. The highest BCUT2D eigenvalue weighted by molar-refractivity contribution is 6.30. The molecule has 1 fully saturated rings. The lowest BCUT2D eigenvalue weighted by molar-refractivity contribution is -0.123. The number of nitrogens with zero attached hydrogens (tertiary/aromatic N) is 2. The van der Waals surface area contributed by atoms with Crippen LogP contribution in [0.25, 0.3) is 10.9 Å². The molecule has 21 heavy (non-hydrogen) atoms. The Hall–Kier alpha value is -1.65. The molecule has 0 spiro atoms. The van der Waals surface area contributed by atoms with Gasteiger partial charge in [0.2, 0.25) is 5.91 Å². The van der Waals surface area contributed by atoms with E-state index in [0.29, 0.717) is 5.15 Å². The fraction of sp³-hybridized carbons (Fsp3) is 0.375. The van der Waals surface area contributed by atoms with Crippen LogP contribution in [0.1, 0.15) is 18.4 Å². The summed E-state index contributed by atoms with van der Waals surface area (Å²) in [7, 11) is 0. The van der Waals surface area contributed by atoms with Gasteiger partial charge in [-0.1, -0.05) is 29.8 Å². The Balaban J connectivity index is 1.73. The second kappa shape index (κ2) is 6.00. The summed E-state index contributed by atoms with van der Waals surface area (Å²) >= 11 is 6.29. The summed E-state index contributed by atoms with van der Waals surface area (Å²) in [6.45, 7) is 2.51. The molecule has 0 aliphatic carbocycles. The minimum Gasteiger partial charge on any atom is -0.369 e. The van der Waals surface area contributed by atoms with E-state index < -0.39 is 0 Å². The molecule has 2 aromatic rings. The third kappa shape index (κ3) is 3.17. The van der Waals surface area contributed by atoms with Crippen molar-refractivity contribution in [2.75, 3.05) is 13.1 Å². The van der Waals surface area contributed by atoms with Crippen molar-refractivity contribution in [3.8, 4) is 0 Å². The quantitative estimate of drug-likeness (QED) is 0.887. The van der Waals surface area contributed by atoms with E-state index >= 15 is 0 Å². The Morgan fingerprint density at radius 3 is 2.76 bits per heavy atom. The van der Waals surface area contributed by atoms with Crippen LogP contribution in [-0.2, 0) is 11.3 Å². The highest BCUT2D eigenvalue weighted by Gasteiger charge is 2.23. The predicted octanol–water partition coefficient (Wildman–Crippen LogP) is 2.59. The number of fused-ring (bicyclic) bond motifs is 1. The highest BCUT2D eigenvalue weighted by atomic mass is 35.5. The van der Waals surface area contributed by atoms with Crippen molar-refractivity contribution in [1.82, 2.24) is 9.88 Å². The number of piperidine rings is 1. The topological polar surface area (TPSA) is 59.2 Å². The number of hydrogen-bond donors (Lipinski definition) is 1. The Bertz CT molecular complexity index is 666. The van der Waals surface area contributed by atoms with Crippen LogP contribution in [0.5, 0.6) is 0 Å². The zero-order valence-corrected chi connectivity index (χ0v) is 12.5. The lowest BCUT2D eigenvalue weighted by Gasteiger charge is -2.30. The Morgan fingerprint density at radius 1 is 1.33 bits per heavy atom. The molecule has 2 N–H and O–H groups in total. The van der Waals surface area contributed by atoms with Gasteiger partial charge < -0.3 is 5.73 Å². The smallest absolute Gasteiger partial charge is 0.220 e. The summed E-state index contributed by atoms with van der Waals surface area (Å²) in [5.41, 5.74) is 7.31. The first-order valence-electron chi connectivity index (χ1n) is 7.19. The second-order valence-electron chi connectivity index (χ2n) is 5.58. The Labute approximate surface area is 128 Å². The van der Waals surface area contributed by atoms with Gasteiger partial charge in [-0.25, -0.2) is 4.98 Å². The summed E-state index contributed by atoms with van der Waals surface area (Å²) < 4.78 is 0. The number of nitrogens with two attached hydrogens (primary N) is 1. The molecule has 1 aromatic heterocycles. The first-order chi connectivity index (χ1) is 10.1. The van der Waals surface area contributed by atoms with Gasteiger partial charge >= 0.3 is 0 Å². The molecule has 0 unspecified atom stereocenters. The number of likely N-dealkylation sites (tertiary alicyclic amines) is 1. The SMILES string of the molecule is NC(=O)C1CCN(Cc2cc3ccccc3nc2Cl)CC1. The number of amides is 1. The number of carbonyl (C=O) groups is 1. The number of carbonyl (C=O) groups excluding carboxylic acids is 1. The molecule has 0 radical (unpaired) electrons. The van der Waals surface area contributed by atoms with Gasteiger partial charge in [0.1, 0.15) is 5.15 Å².